The van der Waals surface area contributed by atoms with Crippen LogP contribution in [-0.2, 0) is 9.59 Å². The molecule has 0 bridgehead atoms. The minimum Gasteiger partial charge on any atom is -0.480 e. The van der Waals surface area contributed by atoms with Gasteiger partial charge in [-0.2, -0.15) is 11.8 Å². The summed E-state index contributed by atoms with van der Waals surface area (Å²) in [6, 6.07) is -0.833. The third-order valence-electron chi connectivity index (χ3n) is 1.37. The van der Waals surface area contributed by atoms with Crippen LogP contribution in [0.25, 0.3) is 0 Å². The van der Waals surface area contributed by atoms with Crippen molar-refractivity contribution >= 4 is 35.7 Å². The largest absolute Gasteiger partial charge is 0.480 e. The summed E-state index contributed by atoms with van der Waals surface area (Å²) in [5.74, 6) is -0.0404. The maximum atomic E-state index is 10.6. The predicted octanol–water partition coefficient (Wildman–Crippen LogP) is 1.06. The molecular formula is C8H12ClNO3S. The Morgan fingerprint density at radius 2 is 2.36 bits per heavy atom. The molecule has 0 spiro atoms. The molecule has 1 amide bonds. The van der Waals surface area contributed by atoms with Crippen molar-refractivity contribution in [2.75, 3.05) is 11.5 Å². The Morgan fingerprint density at radius 3 is 2.79 bits per heavy atom. The number of halogens is 1. The van der Waals surface area contributed by atoms with Crippen molar-refractivity contribution in [1.29, 1.82) is 0 Å². The van der Waals surface area contributed by atoms with Gasteiger partial charge in [0.1, 0.15) is 6.04 Å². The number of carboxylic acids is 1. The van der Waals surface area contributed by atoms with Crippen LogP contribution in [0.3, 0.4) is 0 Å². The van der Waals surface area contributed by atoms with Gasteiger partial charge in [-0.15, -0.1) is 0 Å². The summed E-state index contributed by atoms with van der Waals surface area (Å²) in [4.78, 5) is 20.6. The van der Waals surface area contributed by atoms with Gasteiger partial charge in [-0.1, -0.05) is 17.2 Å². The number of thioether (sulfide) groups is 1. The minimum absolute atomic E-state index is 0.330. The third kappa shape index (κ3) is 5.88. The number of amides is 1. The summed E-state index contributed by atoms with van der Waals surface area (Å²) in [5.41, 5.74) is 2.42. The number of hydrogen-bond acceptors (Lipinski definition) is 3. The second kappa shape index (κ2) is 7.70. The number of carboxylic acid groups (broad SMARTS) is 1. The Morgan fingerprint density at radius 1 is 1.71 bits per heavy atom. The average Bonchev–Trinajstić information content (AvgIpc) is 2.16. The van der Waals surface area contributed by atoms with Crippen LogP contribution in [0.4, 0.5) is 0 Å². The summed E-state index contributed by atoms with van der Waals surface area (Å²) >= 11 is 6.83. The fourth-order valence-electron chi connectivity index (χ4n) is 0.642. The summed E-state index contributed by atoms with van der Waals surface area (Å²) in [6.07, 6.45) is 0.392. The zero-order valence-electron chi connectivity index (χ0n) is 7.70. The second-order valence-corrected chi connectivity index (χ2v) is 3.89. The van der Waals surface area contributed by atoms with Gasteiger partial charge in [0.15, 0.2) is 0 Å². The van der Waals surface area contributed by atoms with E-state index in [1.54, 1.807) is 0 Å². The molecule has 0 aromatic rings. The molecule has 0 aromatic heterocycles. The number of carbonyl (C=O) groups is 2. The lowest BCUT2D eigenvalue weighted by Crippen LogP contribution is -2.37. The van der Waals surface area contributed by atoms with E-state index in [1.807, 2.05) is 6.92 Å². The molecule has 0 heterocycles. The molecule has 4 nitrogen and oxygen atoms in total. The van der Waals surface area contributed by atoms with E-state index in [0.29, 0.717) is 17.9 Å². The fourth-order valence-corrected chi connectivity index (χ4v) is 1.81. The molecule has 0 rings (SSSR count). The molecule has 0 saturated heterocycles. The van der Waals surface area contributed by atoms with E-state index in [-0.39, 0.29) is 0 Å². The smallest absolute Gasteiger partial charge is 0.327 e. The Hall–Kier alpha value is -0.680. The molecule has 6 heteroatoms. The molecule has 14 heavy (non-hydrogen) atoms. The molecular weight excluding hydrogens is 226 g/mol. The minimum atomic E-state index is -1.03. The summed E-state index contributed by atoms with van der Waals surface area (Å²) in [6.45, 7) is 1.85. The van der Waals surface area contributed by atoms with Crippen LogP contribution >= 0.6 is 23.4 Å². The topological polar surface area (TPSA) is 66.4 Å². The highest BCUT2D eigenvalue weighted by Gasteiger charge is 2.15. The maximum absolute atomic E-state index is 10.6. The molecule has 0 aliphatic carbocycles. The van der Waals surface area contributed by atoms with E-state index < -0.39 is 12.0 Å². The van der Waals surface area contributed by atoms with E-state index in [9.17, 15) is 9.59 Å². The molecule has 80 valence electrons. The first kappa shape index (κ1) is 13.3. The first-order chi connectivity index (χ1) is 6.61. The molecule has 0 saturated carbocycles. The van der Waals surface area contributed by atoms with Gasteiger partial charge in [-0.05, 0) is 6.92 Å². The quantitative estimate of drug-likeness (QED) is 0.650. The molecule has 0 aromatic carbocycles. The zero-order chi connectivity index (χ0) is 11.0. The van der Waals surface area contributed by atoms with Gasteiger partial charge in [0.05, 0.1) is 0 Å². The number of carbonyl (C=O) groups excluding carboxylic acids is 1. The first-order valence-electron chi connectivity index (χ1n) is 3.88. The van der Waals surface area contributed by atoms with E-state index >= 15 is 0 Å². The number of nitrogens with one attached hydrogen (secondary N) is 1. The Balaban J connectivity index is 3.82. The maximum Gasteiger partial charge on any atom is 0.327 e. The number of rotatable bonds is 7. The van der Waals surface area contributed by atoms with Crippen LogP contribution in [-0.4, -0.2) is 35.0 Å². The monoisotopic (exact) mass is 237 g/mol. The average molecular weight is 238 g/mol. The van der Waals surface area contributed by atoms with Gasteiger partial charge in [0, 0.05) is 17.0 Å². The van der Waals surface area contributed by atoms with Crippen LogP contribution in [0.1, 0.15) is 6.92 Å². The summed E-state index contributed by atoms with van der Waals surface area (Å²) in [7, 11) is 0. The van der Waals surface area contributed by atoms with Gasteiger partial charge >= 0.3 is 5.97 Å². The van der Waals surface area contributed by atoms with E-state index in [4.69, 9.17) is 16.7 Å². The molecule has 0 radical (unpaired) electrons. The van der Waals surface area contributed by atoms with E-state index in [1.165, 1.54) is 17.3 Å². The highest BCUT2D eigenvalue weighted by molar-refractivity contribution is 7.99. The molecule has 0 aliphatic heterocycles. The zero-order valence-corrected chi connectivity index (χ0v) is 9.27. The van der Waals surface area contributed by atoms with Crippen molar-refractivity contribution in [3.8, 4) is 0 Å². The van der Waals surface area contributed by atoms with Crippen LogP contribution in [0.5, 0.6) is 0 Å². The fraction of sp³-hybridized carbons (Fsp3) is 0.500. The lowest BCUT2D eigenvalue weighted by Gasteiger charge is -2.10. The first-order valence-corrected chi connectivity index (χ1v) is 5.47. The number of hydrogen-bond donors (Lipinski definition) is 2. The molecule has 1 unspecified atom stereocenters. The van der Waals surface area contributed by atoms with Gasteiger partial charge < -0.3 is 10.4 Å². The van der Waals surface area contributed by atoms with Gasteiger partial charge in [0.25, 0.3) is 0 Å². The van der Waals surface area contributed by atoms with Crippen LogP contribution < -0.4 is 5.32 Å². The van der Waals surface area contributed by atoms with Crippen LogP contribution in [0, 0.1) is 0 Å². The molecule has 2 N–H and O–H groups in total. The lowest BCUT2D eigenvalue weighted by molar-refractivity contribution is -0.139. The summed E-state index contributed by atoms with van der Waals surface area (Å²) in [5, 5.41) is 10.9. The summed E-state index contributed by atoms with van der Waals surface area (Å²) < 4.78 is 0. The van der Waals surface area contributed by atoms with Crippen molar-refractivity contribution in [1.82, 2.24) is 5.32 Å². The molecule has 1 atom stereocenters. The van der Waals surface area contributed by atoms with Gasteiger partial charge in [-0.3, -0.25) is 4.79 Å². The normalized spacial score (nSPS) is 13.4. The highest BCUT2D eigenvalue weighted by Crippen LogP contribution is 2.09. The molecule has 0 aliphatic rings. The number of aliphatic carboxylic acids is 1. The van der Waals surface area contributed by atoms with Crippen molar-refractivity contribution in [3.05, 3.63) is 11.1 Å². The van der Waals surface area contributed by atoms with E-state index in [2.05, 4.69) is 5.32 Å². The van der Waals surface area contributed by atoms with Crippen LogP contribution in [0.2, 0.25) is 0 Å². The van der Waals surface area contributed by atoms with Gasteiger partial charge in [-0.25, -0.2) is 4.79 Å². The van der Waals surface area contributed by atoms with Crippen molar-refractivity contribution in [3.63, 3.8) is 0 Å². The SMILES string of the molecule is CC(=CCl)CSCC(NC=O)C(=O)O. The van der Waals surface area contributed by atoms with Crippen molar-refractivity contribution in [2.45, 2.75) is 13.0 Å². The predicted molar refractivity (Wildman–Crippen MR) is 57.6 cm³/mol. The Bertz CT molecular complexity index is 233. The highest BCUT2D eigenvalue weighted by atomic mass is 35.5. The van der Waals surface area contributed by atoms with Crippen molar-refractivity contribution < 1.29 is 14.7 Å². The van der Waals surface area contributed by atoms with Crippen LogP contribution in [0.15, 0.2) is 11.1 Å². The Kier molecular flexibility index (Phi) is 7.32. The molecule has 0 fully saturated rings. The van der Waals surface area contributed by atoms with Crippen molar-refractivity contribution in [2.24, 2.45) is 0 Å². The lowest BCUT2D eigenvalue weighted by atomic mass is 10.3. The Labute approximate surface area is 91.7 Å². The van der Waals surface area contributed by atoms with Gasteiger partial charge in [0.2, 0.25) is 6.41 Å². The second-order valence-electron chi connectivity index (χ2n) is 2.65. The van der Waals surface area contributed by atoms with E-state index in [0.717, 1.165) is 5.57 Å². The standard InChI is InChI=1S/C8H12ClNO3S/c1-6(2-9)3-14-4-7(8(12)13)10-5-11/h2,5,7H,3-4H2,1H3,(H,10,11)(H,12,13). The third-order valence-corrected chi connectivity index (χ3v) is 2.97.